The van der Waals surface area contributed by atoms with Gasteiger partial charge >= 0.3 is 0 Å². The smallest absolute Gasteiger partial charge is 0.227 e. The molecule has 0 atom stereocenters. The molecule has 1 aromatic carbocycles. The second kappa shape index (κ2) is 8.05. The van der Waals surface area contributed by atoms with Crippen LogP contribution in [0.1, 0.15) is 43.3 Å². The molecular weight excluding hydrogens is 318 g/mol. The first-order valence-corrected chi connectivity index (χ1v) is 8.46. The minimum absolute atomic E-state index is 0.0967. The second-order valence-corrected chi connectivity index (χ2v) is 6.39. The van der Waals surface area contributed by atoms with Crippen molar-refractivity contribution in [2.75, 3.05) is 19.0 Å². The third-order valence-corrected chi connectivity index (χ3v) is 3.98. The number of nitrogens with one attached hydrogen (secondary N) is 1. The highest BCUT2D eigenvalue weighted by Gasteiger charge is 2.15. The van der Waals surface area contributed by atoms with Gasteiger partial charge in [0.2, 0.25) is 5.91 Å². The van der Waals surface area contributed by atoms with E-state index in [1.54, 1.807) is 7.11 Å². The highest BCUT2D eigenvalue weighted by molar-refractivity contribution is 5.92. The van der Waals surface area contributed by atoms with Crippen LogP contribution in [0.25, 0.3) is 0 Å². The molecule has 1 heterocycles. The maximum atomic E-state index is 12.2. The molecule has 1 aromatic heterocycles. The first-order valence-electron chi connectivity index (χ1n) is 8.46. The molecule has 0 saturated heterocycles. The molecule has 2 rings (SSSR count). The number of ether oxygens (including phenoxy) is 2. The molecular formula is C19H27N3O3. The van der Waals surface area contributed by atoms with Crippen LogP contribution in [0.3, 0.4) is 0 Å². The summed E-state index contributed by atoms with van der Waals surface area (Å²) in [5.41, 5.74) is 3.66. The van der Waals surface area contributed by atoms with Gasteiger partial charge in [0, 0.05) is 6.04 Å². The largest absolute Gasteiger partial charge is 0.493 e. The summed E-state index contributed by atoms with van der Waals surface area (Å²) < 4.78 is 12.9. The fraction of sp³-hybridized carbons (Fsp3) is 0.474. The minimum Gasteiger partial charge on any atom is -0.493 e. The Morgan fingerprint density at radius 3 is 2.56 bits per heavy atom. The Kier molecular flexibility index (Phi) is 6.07. The number of carbonyl (C=O) groups excluding carboxylic acids is 1. The quantitative estimate of drug-likeness (QED) is 0.829. The van der Waals surface area contributed by atoms with Crippen molar-refractivity contribution in [2.45, 2.75) is 47.1 Å². The predicted molar refractivity (Wildman–Crippen MR) is 98.6 cm³/mol. The maximum Gasteiger partial charge on any atom is 0.227 e. The van der Waals surface area contributed by atoms with Gasteiger partial charge in [0.15, 0.2) is 11.5 Å². The highest BCUT2D eigenvalue weighted by Crippen LogP contribution is 2.28. The number of amides is 1. The average Bonchev–Trinajstić information content (AvgIpc) is 2.84. The van der Waals surface area contributed by atoms with Gasteiger partial charge in [-0.1, -0.05) is 6.07 Å². The summed E-state index contributed by atoms with van der Waals surface area (Å²) >= 11 is 0. The number of aromatic nitrogens is 2. The van der Waals surface area contributed by atoms with E-state index in [0.717, 1.165) is 22.6 Å². The molecule has 0 aliphatic heterocycles. The van der Waals surface area contributed by atoms with Crippen molar-refractivity contribution in [1.29, 1.82) is 0 Å². The second-order valence-electron chi connectivity index (χ2n) is 6.39. The van der Waals surface area contributed by atoms with Crippen molar-refractivity contribution in [3.8, 4) is 11.5 Å². The number of carbonyl (C=O) groups is 1. The van der Waals surface area contributed by atoms with Gasteiger partial charge in [-0.05, 0) is 52.3 Å². The van der Waals surface area contributed by atoms with E-state index in [0.29, 0.717) is 11.5 Å². The van der Waals surface area contributed by atoms with Gasteiger partial charge in [0.25, 0.3) is 0 Å². The molecule has 0 unspecified atom stereocenters. The Bertz CT molecular complexity index is 751. The molecule has 0 saturated carbocycles. The summed E-state index contributed by atoms with van der Waals surface area (Å²) in [7, 11) is 1.60. The third kappa shape index (κ3) is 4.53. The van der Waals surface area contributed by atoms with Crippen molar-refractivity contribution in [1.82, 2.24) is 9.78 Å². The number of rotatable bonds is 7. The summed E-state index contributed by atoms with van der Waals surface area (Å²) in [6, 6.07) is 5.96. The molecule has 0 aliphatic carbocycles. The van der Waals surface area contributed by atoms with Crippen molar-refractivity contribution in [3.05, 3.63) is 35.2 Å². The van der Waals surface area contributed by atoms with Crippen LogP contribution in [0.4, 0.5) is 5.69 Å². The van der Waals surface area contributed by atoms with E-state index in [1.165, 1.54) is 0 Å². The van der Waals surface area contributed by atoms with E-state index in [9.17, 15) is 4.79 Å². The first-order chi connectivity index (χ1) is 11.8. The number of hydrogen-bond donors (Lipinski definition) is 1. The lowest BCUT2D eigenvalue weighted by molar-refractivity contribution is -0.116. The molecule has 0 fully saturated rings. The minimum atomic E-state index is -0.0967. The number of aryl methyl sites for hydroxylation is 2. The lowest BCUT2D eigenvalue weighted by atomic mass is 10.2. The normalized spacial score (nSPS) is 10.8. The Morgan fingerprint density at radius 2 is 1.96 bits per heavy atom. The van der Waals surface area contributed by atoms with Gasteiger partial charge in [0.05, 0.1) is 37.2 Å². The van der Waals surface area contributed by atoms with E-state index >= 15 is 0 Å². The molecule has 1 amide bonds. The summed E-state index contributed by atoms with van der Waals surface area (Å²) in [5.74, 6) is 1.21. The molecule has 0 spiro atoms. The van der Waals surface area contributed by atoms with E-state index in [1.807, 2.05) is 43.7 Å². The topological polar surface area (TPSA) is 65.4 Å². The predicted octanol–water partition coefficient (Wildman–Crippen LogP) is 3.81. The summed E-state index contributed by atoms with van der Waals surface area (Å²) in [4.78, 5) is 12.2. The van der Waals surface area contributed by atoms with Crippen LogP contribution in [0.2, 0.25) is 0 Å². The first kappa shape index (κ1) is 18.8. The van der Waals surface area contributed by atoms with E-state index in [-0.39, 0.29) is 25.0 Å². The Morgan fingerprint density at radius 1 is 1.24 bits per heavy atom. The van der Waals surface area contributed by atoms with Crippen molar-refractivity contribution >= 4 is 11.6 Å². The zero-order chi connectivity index (χ0) is 18.6. The molecule has 2 aromatic rings. The van der Waals surface area contributed by atoms with E-state index in [2.05, 4.69) is 24.3 Å². The van der Waals surface area contributed by atoms with Crippen LogP contribution < -0.4 is 14.8 Å². The Labute approximate surface area is 149 Å². The summed E-state index contributed by atoms with van der Waals surface area (Å²) in [5, 5.41) is 7.42. The fourth-order valence-corrected chi connectivity index (χ4v) is 2.70. The van der Waals surface area contributed by atoms with Gasteiger partial charge in [-0.3, -0.25) is 9.48 Å². The van der Waals surface area contributed by atoms with Gasteiger partial charge in [-0.25, -0.2) is 0 Å². The lowest BCUT2D eigenvalue weighted by Gasteiger charge is -2.12. The Balaban J connectivity index is 1.94. The van der Waals surface area contributed by atoms with Crippen LogP contribution in [0.15, 0.2) is 18.2 Å². The van der Waals surface area contributed by atoms with E-state index in [4.69, 9.17) is 9.47 Å². The molecule has 6 heteroatoms. The summed E-state index contributed by atoms with van der Waals surface area (Å²) in [6.07, 6.45) is 0.253. The molecule has 0 aliphatic rings. The zero-order valence-electron chi connectivity index (χ0n) is 15.8. The molecule has 1 N–H and O–H groups in total. The fourth-order valence-electron chi connectivity index (χ4n) is 2.70. The zero-order valence-corrected chi connectivity index (χ0v) is 15.8. The maximum absolute atomic E-state index is 12.2. The van der Waals surface area contributed by atoms with Crippen LogP contribution in [0.5, 0.6) is 11.5 Å². The van der Waals surface area contributed by atoms with Gasteiger partial charge in [-0.15, -0.1) is 0 Å². The number of benzene rings is 1. The van der Waals surface area contributed by atoms with Crippen molar-refractivity contribution in [3.63, 3.8) is 0 Å². The number of nitrogens with zero attached hydrogens (tertiary/aromatic N) is 2. The Hall–Kier alpha value is -2.50. The molecule has 25 heavy (non-hydrogen) atoms. The number of hydrogen-bond acceptors (Lipinski definition) is 4. The lowest BCUT2D eigenvalue weighted by Crippen LogP contribution is -2.16. The van der Waals surface area contributed by atoms with Crippen LogP contribution in [-0.4, -0.2) is 29.4 Å². The van der Waals surface area contributed by atoms with Crippen molar-refractivity contribution in [2.24, 2.45) is 0 Å². The average molecular weight is 345 g/mol. The molecule has 0 bridgehead atoms. The van der Waals surface area contributed by atoms with Gasteiger partial charge in [-0.2, -0.15) is 5.10 Å². The van der Waals surface area contributed by atoms with Crippen LogP contribution in [-0.2, 0) is 4.79 Å². The van der Waals surface area contributed by atoms with Gasteiger partial charge < -0.3 is 14.8 Å². The van der Waals surface area contributed by atoms with E-state index < -0.39 is 0 Å². The monoisotopic (exact) mass is 345 g/mol. The number of anilines is 1. The standard InChI is InChI=1S/C19H27N3O3/c1-12(2)22-15(5)19(14(4)21-22)20-18(23)9-10-25-16-8-7-13(3)11-17(16)24-6/h7-8,11-12H,9-10H2,1-6H3,(H,20,23). The van der Waals surface area contributed by atoms with Crippen LogP contribution >= 0.6 is 0 Å². The molecule has 0 radical (unpaired) electrons. The molecule has 136 valence electrons. The third-order valence-electron chi connectivity index (χ3n) is 3.98. The molecule has 6 nitrogen and oxygen atoms in total. The number of methoxy groups -OCH3 is 1. The van der Waals surface area contributed by atoms with Crippen LogP contribution in [0, 0.1) is 20.8 Å². The SMILES string of the molecule is COc1cc(C)ccc1OCCC(=O)Nc1c(C)nn(C(C)C)c1C. The highest BCUT2D eigenvalue weighted by atomic mass is 16.5. The summed E-state index contributed by atoms with van der Waals surface area (Å²) in [6.45, 7) is 10.3. The van der Waals surface area contributed by atoms with Gasteiger partial charge in [0.1, 0.15) is 0 Å². The van der Waals surface area contributed by atoms with Crippen molar-refractivity contribution < 1.29 is 14.3 Å².